The van der Waals surface area contributed by atoms with Crippen LogP contribution in [0.3, 0.4) is 0 Å². The van der Waals surface area contributed by atoms with Gasteiger partial charge in [0.25, 0.3) is 0 Å². The summed E-state index contributed by atoms with van der Waals surface area (Å²) < 4.78 is 6.14. The number of ether oxygens (including phenoxy) is 1. The van der Waals surface area contributed by atoms with Crippen molar-refractivity contribution in [1.29, 1.82) is 0 Å². The third-order valence-electron chi connectivity index (χ3n) is 3.24. The van der Waals surface area contributed by atoms with Crippen molar-refractivity contribution < 1.29 is 14.3 Å². The van der Waals surface area contributed by atoms with Crippen molar-refractivity contribution in [2.75, 3.05) is 6.61 Å². The number of rotatable bonds is 4. The molecule has 1 aromatic rings. The first kappa shape index (κ1) is 16.3. The van der Waals surface area contributed by atoms with Gasteiger partial charge in [0.1, 0.15) is 6.61 Å². The first-order valence-electron chi connectivity index (χ1n) is 6.85. The molecule has 1 heterocycles. The molecule has 0 fully saturated rings. The van der Waals surface area contributed by atoms with E-state index in [1.807, 2.05) is 37.3 Å². The van der Waals surface area contributed by atoms with Gasteiger partial charge in [-0.15, -0.1) is 0 Å². The summed E-state index contributed by atoms with van der Waals surface area (Å²) in [6.07, 6.45) is 3.55. The van der Waals surface area contributed by atoms with E-state index in [1.165, 1.54) is 0 Å². The van der Waals surface area contributed by atoms with Crippen LogP contribution in [0.4, 0.5) is 4.79 Å². The van der Waals surface area contributed by atoms with Gasteiger partial charge in [-0.25, -0.2) is 9.59 Å². The molecule has 0 radical (unpaired) electrons. The maximum atomic E-state index is 12.3. The molecule has 2 rings (SSSR count). The second kappa shape index (κ2) is 7.26. The molecule has 1 aromatic carbocycles. The molecule has 0 aromatic heterocycles. The summed E-state index contributed by atoms with van der Waals surface area (Å²) in [4.78, 5) is 24.0. The lowest BCUT2D eigenvalue weighted by molar-refractivity contribution is -0.138. The number of urea groups is 1. The molecule has 1 aliphatic rings. The minimum Gasteiger partial charge on any atom is -0.458 e. The average molecular weight is 365 g/mol. The summed E-state index contributed by atoms with van der Waals surface area (Å²) in [7, 11) is 0. The van der Waals surface area contributed by atoms with Crippen LogP contribution in [0.15, 0.2) is 52.2 Å². The molecular weight excluding hydrogens is 348 g/mol. The number of carbonyl (C=O) groups excluding carboxylic acids is 2. The minimum atomic E-state index is -0.528. The van der Waals surface area contributed by atoms with Crippen LogP contribution in [0.2, 0.25) is 0 Å². The maximum absolute atomic E-state index is 12.3. The fraction of sp³-hybridized carbons (Fsp3) is 0.250. The zero-order valence-electron chi connectivity index (χ0n) is 12.4. The van der Waals surface area contributed by atoms with Crippen LogP contribution in [0.5, 0.6) is 0 Å². The van der Waals surface area contributed by atoms with Gasteiger partial charge in [-0.3, -0.25) is 0 Å². The molecule has 6 heteroatoms. The summed E-state index contributed by atoms with van der Waals surface area (Å²) in [6, 6.07) is 6.57. The number of amides is 2. The number of hydrogen-bond acceptors (Lipinski definition) is 3. The zero-order valence-corrected chi connectivity index (χ0v) is 13.9. The first-order chi connectivity index (χ1) is 10.5. The molecule has 2 amide bonds. The van der Waals surface area contributed by atoms with E-state index in [9.17, 15) is 9.59 Å². The molecule has 0 saturated carbocycles. The second-order valence-corrected chi connectivity index (χ2v) is 5.70. The fourth-order valence-electron chi connectivity index (χ4n) is 2.17. The summed E-state index contributed by atoms with van der Waals surface area (Å²) in [5, 5.41) is 5.38. The normalized spacial score (nSPS) is 18.1. The van der Waals surface area contributed by atoms with Gasteiger partial charge in [0.2, 0.25) is 0 Å². The Bertz CT molecular complexity index is 635. The number of allylic oxidation sites excluding steroid dienone is 2. The molecule has 0 spiro atoms. The third kappa shape index (κ3) is 3.76. The average Bonchev–Trinajstić information content (AvgIpc) is 2.47. The van der Waals surface area contributed by atoms with E-state index in [2.05, 4.69) is 26.6 Å². The van der Waals surface area contributed by atoms with Crippen molar-refractivity contribution in [3.05, 3.63) is 57.7 Å². The lowest BCUT2D eigenvalue weighted by Gasteiger charge is -2.28. The standard InChI is InChI=1S/C16H17BrN2O3/c1-3-4-9-22-15(20)13-10(2)18-16(21)19-14(13)11-5-7-12(17)8-6-11/h3-8,14H,9H2,1-2H3,(H2,18,19,21)/b4-3+. The molecule has 0 saturated heterocycles. The first-order valence-corrected chi connectivity index (χ1v) is 7.64. The van der Waals surface area contributed by atoms with Gasteiger partial charge in [-0.2, -0.15) is 0 Å². The highest BCUT2D eigenvalue weighted by molar-refractivity contribution is 9.10. The predicted octanol–water partition coefficient (Wildman–Crippen LogP) is 3.20. The molecular formula is C16H17BrN2O3. The van der Waals surface area contributed by atoms with E-state index in [4.69, 9.17) is 4.74 Å². The van der Waals surface area contributed by atoms with Gasteiger partial charge in [0, 0.05) is 10.2 Å². The van der Waals surface area contributed by atoms with Gasteiger partial charge in [0.15, 0.2) is 0 Å². The van der Waals surface area contributed by atoms with Gasteiger partial charge in [-0.1, -0.05) is 40.2 Å². The van der Waals surface area contributed by atoms with E-state index in [-0.39, 0.29) is 12.6 Å². The highest BCUT2D eigenvalue weighted by Crippen LogP contribution is 2.28. The van der Waals surface area contributed by atoms with Gasteiger partial charge >= 0.3 is 12.0 Å². The molecule has 2 N–H and O–H groups in total. The largest absolute Gasteiger partial charge is 0.458 e. The number of esters is 1. The zero-order chi connectivity index (χ0) is 16.1. The van der Waals surface area contributed by atoms with Gasteiger partial charge in [0.05, 0.1) is 11.6 Å². The Kier molecular flexibility index (Phi) is 5.38. The van der Waals surface area contributed by atoms with Gasteiger partial charge < -0.3 is 15.4 Å². The van der Waals surface area contributed by atoms with Crippen molar-refractivity contribution in [3.63, 3.8) is 0 Å². The SMILES string of the molecule is C/C=C/COC(=O)C1=C(C)NC(=O)NC1c1ccc(Br)cc1. The number of hydrogen-bond donors (Lipinski definition) is 2. The van der Waals surface area contributed by atoms with Crippen LogP contribution in [-0.2, 0) is 9.53 Å². The predicted molar refractivity (Wildman–Crippen MR) is 87.0 cm³/mol. The van der Waals surface area contributed by atoms with Crippen LogP contribution in [-0.4, -0.2) is 18.6 Å². The number of carbonyl (C=O) groups is 2. The molecule has 1 aliphatic heterocycles. The second-order valence-electron chi connectivity index (χ2n) is 4.79. The molecule has 1 unspecified atom stereocenters. The highest BCUT2D eigenvalue weighted by atomic mass is 79.9. The maximum Gasteiger partial charge on any atom is 0.338 e. The number of halogens is 1. The van der Waals surface area contributed by atoms with Crippen LogP contribution >= 0.6 is 15.9 Å². The third-order valence-corrected chi connectivity index (χ3v) is 3.77. The van der Waals surface area contributed by atoms with E-state index < -0.39 is 12.0 Å². The lowest BCUT2D eigenvalue weighted by Crippen LogP contribution is -2.45. The van der Waals surface area contributed by atoms with E-state index in [1.54, 1.807) is 13.0 Å². The van der Waals surface area contributed by atoms with Crippen molar-refractivity contribution in [2.24, 2.45) is 0 Å². The van der Waals surface area contributed by atoms with Crippen LogP contribution in [0, 0.1) is 0 Å². The Morgan fingerprint density at radius 1 is 1.36 bits per heavy atom. The Balaban J connectivity index is 2.32. The molecule has 1 atom stereocenters. The van der Waals surface area contributed by atoms with Crippen molar-refractivity contribution >= 4 is 27.9 Å². The number of benzene rings is 1. The summed E-state index contributed by atoms with van der Waals surface area (Å²) in [6.45, 7) is 3.75. The lowest BCUT2D eigenvalue weighted by atomic mass is 9.96. The van der Waals surface area contributed by atoms with Gasteiger partial charge in [-0.05, 0) is 31.5 Å². The van der Waals surface area contributed by atoms with E-state index in [0.717, 1.165) is 10.0 Å². The quantitative estimate of drug-likeness (QED) is 0.636. The summed E-state index contributed by atoms with van der Waals surface area (Å²) in [5.41, 5.74) is 1.73. The Hall–Kier alpha value is -2.08. The molecule has 116 valence electrons. The van der Waals surface area contributed by atoms with Crippen LogP contribution in [0.25, 0.3) is 0 Å². The Morgan fingerprint density at radius 3 is 2.68 bits per heavy atom. The van der Waals surface area contributed by atoms with Crippen molar-refractivity contribution in [2.45, 2.75) is 19.9 Å². The smallest absolute Gasteiger partial charge is 0.338 e. The van der Waals surface area contributed by atoms with Crippen LogP contribution < -0.4 is 10.6 Å². The minimum absolute atomic E-state index is 0.202. The summed E-state index contributed by atoms with van der Waals surface area (Å²) in [5.74, 6) is -0.448. The molecule has 0 bridgehead atoms. The van der Waals surface area contributed by atoms with Crippen LogP contribution in [0.1, 0.15) is 25.5 Å². The molecule has 0 aliphatic carbocycles. The topological polar surface area (TPSA) is 67.4 Å². The van der Waals surface area contributed by atoms with E-state index >= 15 is 0 Å². The Morgan fingerprint density at radius 2 is 2.05 bits per heavy atom. The monoisotopic (exact) mass is 364 g/mol. The molecule has 5 nitrogen and oxygen atoms in total. The fourth-order valence-corrected chi connectivity index (χ4v) is 2.43. The molecule has 22 heavy (non-hydrogen) atoms. The van der Waals surface area contributed by atoms with E-state index in [0.29, 0.717) is 11.3 Å². The van der Waals surface area contributed by atoms with Crippen molar-refractivity contribution in [3.8, 4) is 0 Å². The highest BCUT2D eigenvalue weighted by Gasteiger charge is 2.31. The summed E-state index contributed by atoms with van der Waals surface area (Å²) >= 11 is 3.37. The Labute approximate surface area is 137 Å². The number of nitrogens with one attached hydrogen (secondary N) is 2. The van der Waals surface area contributed by atoms with Crippen molar-refractivity contribution in [1.82, 2.24) is 10.6 Å².